The zero-order valence-electron chi connectivity index (χ0n) is 23.5. The zero-order valence-corrected chi connectivity index (χ0v) is 23.5. The summed E-state index contributed by atoms with van der Waals surface area (Å²) in [6, 6.07) is -0.539. The van der Waals surface area contributed by atoms with E-state index in [1.165, 1.54) is 88.4 Å². The standard InChI is InChI=1S/C28H55N3O5/c1-4-5-6-7-8-9-10-11-12-13-14-15-16-17-22-34-23-25-18-19-26(36-25)24-35-28(33)30-27(32)29-20-21-31(2)3/h25-26H,4-24H2,1-3H3,(H2,29,30,32,33)/p+1. The number of carbonyl (C=O) groups is 2. The second kappa shape index (κ2) is 22.8. The molecule has 1 heterocycles. The van der Waals surface area contributed by atoms with Crippen LogP contribution in [0.25, 0.3) is 0 Å². The van der Waals surface area contributed by atoms with E-state index in [4.69, 9.17) is 14.2 Å². The summed E-state index contributed by atoms with van der Waals surface area (Å²) in [5.74, 6) is 0. The molecule has 212 valence electrons. The smallest absolute Gasteiger partial charge is 0.415 e. The van der Waals surface area contributed by atoms with Gasteiger partial charge in [0.2, 0.25) is 0 Å². The first-order valence-corrected chi connectivity index (χ1v) is 14.7. The average molecular weight is 515 g/mol. The van der Waals surface area contributed by atoms with Gasteiger partial charge in [-0.3, -0.25) is 0 Å². The molecule has 36 heavy (non-hydrogen) atoms. The van der Waals surface area contributed by atoms with E-state index in [1.807, 2.05) is 14.1 Å². The summed E-state index contributed by atoms with van der Waals surface area (Å²) in [6.45, 7) is 5.08. The zero-order chi connectivity index (χ0) is 26.3. The first-order chi connectivity index (χ1) is 17.5. The first kappa shape index (κ1) is 32.6. The Labute approximate surface area is 220 Å². The van der Waals surface area contributed by atoms with Gasteiger partial charge in [0.25, 0.3) is 0 Å². The van der Waals surface area contributed by atoms with Gasteiger partial charge in [0.15, 0.2) is 0 Å². The van der Waals surface area contributed by atoms with Crippen LogP contribution in [-0.4, -0.2) is 71.3 Å². The summed E-state index contributed by atoms with van der Waals surface area (Å²) >= 11 is 0. The molecule has 0 bridgehead atoms. The monoisotopic (exact) mass is 514 g/mol. The van der Waals surface area contributed by atoms with Crippen molar-refractivity contribution in [3.05, 3.63) is 0 Å². The number of ether oxygens (including phenoxy) is 3. The molecule has 1 fully saturated rings. The number of alkyl carbamates (subject to hydrolysis) is 1. The summed E-state index contributed by atoms with van der Waals surface area (Å²) in [7, 11) is 3.99. The van der Waals surface area contributed by atoms with Crippen molar-refractivity contribution in [2.75, 3.05) is 47.0 Å². The molecule has 0 saturated carbocycles. The second-order valence-corrected chi connectivity index (χ2v) is 10.6. The maximum Gasteiger partial charge on any atom is 0.415 e. The summed E-state index contributed by atoms with van der Waals surface area (Å²) in [5, 5.41) is 4.80. The van der Waals surface area contributed by atoms with Gasteiger partial charge in [-0.2, -0.15) is 0 Å². The number of hydrogen-bond acceptors (Lipinski definition) is 5. The van der Waals surface area contributed by atoms with Gasteiger partial charge in [-0.15, -0.1) is 0 Å². The van der Waals surface area contributed by atoms with Crippen LogP contribution in [0.2, 0.25) is 0 Å². The Morgan fingerprint density at radius 1 is 0.806 bits per heavy atom. The highest BCUT2D eigenvalue weighted by Gasteiger charge is 2.26. The maximum atomic E-state index is 11.7. The van der Waals surface area contributed by atoms with Crippen molar-refractivity contribution in [2.45, 2.75) is 122 Å². The van der Waals surface area contributed by atoms with Gasteiger partial charge in [-0.1, -0.05) is 90.4 Å². The molecule has 0 aromatic rings. The molecule has 3 amide bonds. The molecule has 1 aliphatic rings. The Morgan fingerprint density at radius 2 is 1.33 bits per heavy atom. The van der Waals surface area contributed by atoms with E-state index in [0.717, 1.165) is 32.4 Å². The van der Waals surface area contributed by atoms with Crippen LogP contribution in [0.3, 0.4) is 0 Å². The summed E-state index contributed by atoms with van der Waals surface area (Å²) in [6.07, 6.45) is 19.9. The Bertz CT molecular complexity index is 547. The molecule has 1 aliphatic heterocycles. The van der Waals surface area contributed by atoms with Gasteiger partial charge in [-0.25, -0.2) is 14.9 Å². The van der Waals surface area contributed by atoms with Gasteiger partial charge in [0, 0.05) is 6.61 Å². The molecule has 0 aliphatic carbocycles. The topological polar surface area (TPSA) is 90.3 Å². The van der Waals surface area contributed by atoms with E-state index < -0.39 is 12.1 Å². The Morgan fingerprint density at radius 3 is 1.89 bits per heavy atom. The Balaban J connectivity index is 1.86. The largest absolute Gasteiger partial charge is 0.446 e. The van der Waals surface area contributed by atoms with Crippen LogP contribution in [0.1, 0.15) is 110 Å². The van der Waals surface area contributed by atoms with Crippen LogP contribution < -0.4 is 15.5 Å². The second-order valence-electron chi connectivity index (χ2n) is 10.6. The first-order valence-electron chi connectivity index (χ1n) is 14.7. The maximum absolute atomic E-state index is 11.7. The average Bonchev–Trinajstić information content (AvgIpc) is 3.30. The fourth-order valence-electron chi connectivity index (χ4n) is 4.41. The molecular formula is C28H56N3O5+. The third-order valence-electron chi connectivity index (χ3n) is 6.67. The molecule has 0 radical (unpaired) electrons. The Kier molecular flexibility index (Phi) is 20.7. The summed E-state index contributed by atoms with van der Waals surface area (Å²) < 4.78 is 16.8. The van der Waals surface area contributed by atoms with Gasteiger partial charge >= 0.3 is 12.1 Å². The van der Waals surface area contributed by atoms with E-state index in [2.05, 4.69) is 17.6 Å². The molecule has 1 rings (SSSR count). The molecule has 1 saturated heterocycles. The van der Waals surface area contributed by atoms with Crippen molar-refractivity contribution in [2.24, 2.45) is 0 Å². The highest BCUT2D eigenvalue weighted by molar-refractivity contribution is 5.90. The molecule has 8 heteroatoms. The lowest BCUT2D eigenvalue weighted by molar-refractivity contribution is -0.856. The van der Waals surface area contributed by atoms with Gasteiger partial charge in [0.1, 0.15) is 6.61 Å². The number of imide groups is 1. The molecular weight excluding hydrogens is 458 g/mol. The lowest BCUT2D eigenvalue weighted by Crippen LogP contribution is -3.06. The predicted molar refractivity (Wildman–Crippen MR) is 145 cm³/mol. The van der Waals surface area contributed by atoms with Crippen LogP contribution >= 0.6 is 0 Å². The van der Waals surface area contributed by atoms with Crippen LogP contribution in [0.4, 0.5) is 9.59 Å². The van der Waals surface area contributed by atoms with Crippen molar-refractivity contribution in [3.8, 4) is 0 Å². The number of unbranched alkanes of at least 4 members (excludes halogenated alkanes) is 13. The normalized spacial score (nSPS) is 17.4. The molecule has 0 aromatic carbocycles. The molecule has 0 aromatic heterocycles. The minimum atomic E-state index is -0.745. The van der Waals surface area contributed by atoms with Crippen LogP contribution in [-0.2, 0) is 14.2 Å². The number of nitrogens with one attached hydrogen (secondary N) is 3. The Hall–Kier alpha value is -1.38. The van der Waals surface area contributed by atoms with Gasteiger partial charge in [-0.05, 0) is 19.3 Å². The number of urea groups is 1. The number of amides is 3. The van der Waals surface area contributed by atoms with Crippen LogP contribution in [0, 0.1) is 0 Å². The molecule has 2 atom stereocenters. The quantitative estimate of drug-likeness (QED) is 0.184. The van der Waals surface area contributed by atoms with E-state index in [1.54, 1.807) is 0 Å². The third-order valence-corrected chi connectivity index (χ3v) is 6.67. The molecule has 2 unspecified atom stereocenters. The highest BCUT2D eigenvalue weighted by Crippen LogP contribution is 2.20. The van der Waals surface area contributed by atoms with Gasteiger partial charge in [0.05, 0.1) is 46.0 Å². The minimum Gasteiger partial charge on any atom is -0.446 e. The van der Waals surface area contributed by atoms with Crippen LogP contribution in [0.15, 0.2) is 0 Å². The molecule has 8 nitrogen and oxygen atoms in total. The predicted octanol–water partition coefficient (Wildman–Crippen LogP) is 4.61. The third kappa shape index (κ3) is 19.8. The number of hydrogen-bond donors (Lipinski definition) is 3. The van der Waals surface area contributed by atoms with Crippen molar-refractivity contribution < 1.29 is 28.7 Å². The number of likely N-dealkylation sites (N-methyl/N-ethyl adjacent to an activating group) is 1. The van der Waals surface area contributed by atoms with Crippen molar-refractivity contribution in [1.29, 1.82) is 0 Å². The van der Waals surface area contributed by atoms with Crippen molar-refractivity contribution in [3.63, 3.8) is 0 Å². The van der Waals surface area contributed by atoms with E-state index in [9.17, 15) is 9.59 Å². The summed E-state index contributed by atoms with van der Waals surface area (Å²) in [4.78, 5) is 24.6. The van der Waals surface area contributed by atoms with Crippen molar-refractivity contribution in [1.82, 2.24) is 10.6 Å². The lowest BCUT2D eigenvalue weighted by Gasteiger charge is -2.14. The molecule has 0 spiro atoms. The fraction of sp³-hybridized carbons (Fsp3) is 0.929. The highest BCUT2D eigenvalue weighted by atomic mass is 16.6. The van der Waals surface area contributed by atoms with Gasteiger partial charge < -0.3 is 24.4 Å². The van der Waals surface area contributed by atoms with Crippen LogP contribution in [0.5, 0.6) is 0 Å². The number of carbonyl (C=O) groups excluding carboxylic acids is 2. The SMILES string of the molecule is CCCCCCCCCCCCCCCCOCC1CCC(COC(=O)NC(=O)NCC[NH+](C)C)O1. The van der Waals surface area contributed by atoms with E-state index in [-0.39, 0.29) is 18.8 Å². The number of quaternary nitrogens is 1. The summed E-state index contributed by atoms with van der Waals surface area (Å²) in [5.41, 5.74) is 0. The van der Waals surface area contributed by atoms with Crippen molar-refractivity contribution >= 4 is 12.1 Å². The fourth-order valence-corrected chi connectivity index (χ4v) is 4.41. The van der Waals surface area contributed by atoms with E-state index in [0.29, 0.717) is 13.2 Å². The lowest BCUT2D eigenvalue weighted by atomic mass is 10.0. The minimum absolute atomic E-state index is 0.0603. The molecule has 3 N–H and O–H groups in total. The number of rotatable bonds is 22. The van der Waals surface area contributed by atoms with E-state index >= 15 is 0 Å².